The number of hydrogen-bond donors (Lipinski definition) is 0. The van der Waals surface area contributed by atoms with Gasteiger partial charge in [0.2, 0.25) is 0 Å². The average Bonchev–Trinajstić information content (AvgIpc) is 3.12. The molecule has 0 heterocycles. The molecule has 0 rings (SSSR count). The molecule has 52 heavy (non-hydrogen) atoms. The van der Waals surface area contributed by atoms with E-state index < -0.39 is 6.10 Å². The van der Waals surface area contributed by atoms with Gasteiger partial charge in [-0.25, -0.2) is 0 Å². The first kappa shape index (κ1) is 50.4. The maximum atomic E-state index is 12.6. The minimum Gasteiger partial charge on any atom is -0.462 e. The molecule has 6 heteroatoms. The predicted molar refractivity (Wildman–Crippen MR) is 220 cm³/mol. The molecule has 0 amide bonds. The fourth-order valence-corrected chi connectivity index (χ4v) is 6.80. The lowest BCUT2D eigenvalue weighted by atomic mass is 10.0. The number of carbonyl (C=O) groups is 3. The highest BCUT2D eigenvalue weighted by molar-refractivity contribution is 5.71. The van der Waals surface area contributed by atoms with Crippen LogP contribution in [0.5, 0.6) is 0 Å². The Hall–Kier alpha value is -1.59. The van der Waals surface area contributed by atoms with Crippen LogP contribution in [0.1, 0.15) is 252 Å². The highest BCUT2D eigenvalue weighted by Gasteiger charge is 2.19. The molecule has 0 fully saturated rings. The van der Waals surface area contributed by atoms with E-state index in [1.54, 1.807) is 0 Å². The van der Waals surface area contributed by atoms with Gasteiger partial charge < -0.3 is 14.2 Å². The Labute approximate surface area is 323 Å². The zero-order chi connectivity index (χ0) is 38.2. The maximum Gasteiger partial charge on any atom is 0.306 e. The first-order valence-corrected chi connectivity index (χ1v) is 22.9. The molecule has 0 aliphatic carbocycles. The molecule has 0 saturated heterocycles. The van der Waals surface area contributed by atoms with Gasteiger partial charge in [0.1, 0.15) is 13.2 Å². The van der Waals surface area contributed by atoms with Gasteiger partial charge in [-0.15, -0.1) is 0 Å². The van der Waals surface area contributed by atoms with E-state index in [4.69, 9.17) is 14.2 Å². The van der Waals surface area contributed by atoms with Gasteiger partial charge >= 0.3 is 17.9 Å². The summed E-state index contributed by atoms with van der Waals surface area (Å²) in [5.74, 6) is -0.0138. The molecule has 0 aliphatic rings. The van der Waals surface area contributed by atoms with Gasteiger partial charge in [-0.2, -0.15) is 0 Å². The second kappa shape index (κ2) is 40.6. The summed E-state index contributed by atoms with van der Waals surface area (Å²) in [4.78, 5) is 37.5. The third kappa shape index (κ3) is 39.6. The SMILES string of the molecule is CCCCCCCCCCCC(=O)OC[C@@H](COC(=O)CCCCCCCCCCCCCCCCCC(C)C)OC(=O)CCCCCCCCC. The van der Waals surface area contributed by atoms with Crippen molar-refractivity contribution in [2.45, 2.75) is 259 Å². The molecule has 0 spiro atoms. The first-order chi connectivity index (χ1) is 25.4. The second-order valence-corrected chi connectivity index (χ2v) is 16.2. The summed E-state index contributed by atoms with van der Waals surface area (Å²) in [5.41, 5.74) is 0. The third-order valence-electron chi connectivity index (χ3n) is 10.3. The summed E-state index contributed by atoms with van der Waals surface area (Å²) in [5, 5.41) is 0. The molecule has 6 nitrogen and oxygen atoms in total. The lowest BCUT2D eigenvalue weighted by Crippen LogP contribution is -2.30. The lowest BCUT2D eigenvalue weighted by molar-refractivity contribution is -0.167. The summed E-state index contributed by atoms with van der Waals surface area (Å²) >= 11 is 0. The van der Waals surface area contributed by atoms with Crippen LogP contribution >= 0.6 is 0 Å². The summed E-state index contributed by atoms with van der Waals surface area (Å²) in [6.07, 6.45) is 39.6. The first-order valence-electron chi connectivity index (χ1n) is 22.9. The highest BCUT2D eigenvalue weighted by Crippen LogP contribution is 2.16. The fraction of sp³-hybridized carbons (Fsp3) is 0.935. The average molecular weight is 737 g/mol. The summed E-state index contributed by atoms with van der Waals surface area (Å²) in [7, 11) is 0. The molecule has 1 atom stereocenters. The van der Waals surface area contributed by atoms with E-state index in [1.807, 2.05) is 0 Å². The number of unbranched alkanes of at least 4 members (excludes halogenated alkanes) is 28. The third-order valence-corrected chi connectivity index (χ3v) is 10.3. The van der Waals surface area contributed by atoms with Gasteiger partial charge in [0, 0.05) is 19.3 Å². The van der Waals surface area contributed by atoms with Gasteiger partial charge in [-0.05, 0) is 25.2 Å². The van der Waals surface area contributed by atoms with E-state index in [9.17, 15) is 14.4 Å². The van der Waals surface area contributed by atoms with Crippen molar-refractivity contribution in [3.8, 4) is 0 Å². The van der Waals surface area contributed by atoms with E-state index in [0.29, 0.717) is 19.3 Å². The van der Waals surface area contributed by atoms with Crippen LogP contribution in [0.15, 0.2) is 0 Å². The van der Waals surface area contributed by atoms with Crippen LogP contribution in [0.2, 0.25) is 0 Å². The molecule has 0 unspecified atom stereocenters. The molecule has 0 aromatic rings. The van der Waals surface area contributed by atoms with E-state index in [1.165, 1.54) is 148 Å². The largest absolute Gasteiger partial charge is 0.462 e. The fourth-order valence-electron chi connectivity index (χ4n) is 6.80. The Bertz CT molecular complexity index is 781. The lowest BCUT2D eigenvalue weighted by Gasteiger charge is -2.18. The van der Waals surface area contributed by atoms with Crippen molar-refractivity contribution in [2.24, 2.45) is 5.92 Å². The zero-order valence-corrected chi connectivity index (χ0v) is 35.3. The molecule has 308 valence electrons. The van der Waals surface area contributed by atoms with Crippen LogP contribution in [-0.2, 0) is 28.6 Å². The Kier molecular flexibility index (Phi) is 39.4. The maximum absolute atomic E-state index is 12.6. The normalized spacial score (nSPS) is 11.9. The van der Waals surface area contributed by atoms with Crippen LogP contribution in [0, 0.1) is 5.92 Å². The summed E-state index contributed by atoms with van der Waals surface area (Å²) < 4.78 is 16.6. The van der Waals surface area contributed by atoms with Crippen molar-refractivity contribution in [1.29, 1.82) is 0 Å². The molecular weight excluding hydrogens is 649 g/mol. The molecule has 0 saturated carbocycles. The quantitative estimate of drug-likeness (QED) is 0.0353. The van der Waals surface area contributed by atoms with Crippen molar-refractivity contribution >= 4 is 17.9 Å². The molecule has 0 aromatic carbocycles. The van der Waals surface area contributed by atoms with Gasteiger partial charge in [-0.1, -0.05) is 214 Å². The Balaban J connectivity index is 4.15. The number of ether oxygens (including phenoxy) is 3. The van der Waals surface area contributed by atoms with Gasteiger partial charge in [0.05, 0.1) is 0 Å². The predicted octanol–water partition coefficient (Wildman–Crippen LogP) is 14.3. The Morgan fingerprint density at radius 1 is 0.365 bits per heavy atom. The zero-order valence-electron chi connectivity index (χ0n) is 35.3. The van der Waals surface area contributed by atoms with E-state index in [-0.39, 0.29) is 31.1 Å². The summed E-state index contributed by atoms with van der Waals surface area (Å²) in [6.45, 7) is 8.95. The van der Waals surface area contributed by atoms with E-state index in [2.05, 4.69) is 27.7 Å². The topological polar surface area (TPSA) is 78.9 Å². The Morgan fingerprint density at radius 2 is 0.635 bits per heavy atom. The van der Waals surface area contributed by atoms with Gasteiger partial charge in [-0.3, -0.25) is 14.4 Å². The van der Waals surface area contributed by atoms with Crippen LogP contribution in [-0.4, -0.2) is 37.2 Å². The molecule has 0 N–H and O–H groups in total. The van der Waals surface area contributed by atoms with E-state index in [0.717, 1.165) is 63.7 Å². The number of hydrogen-bond acceptors (Lipinski definition) is 6. The molecule has 0 aromatic heterocycles. The number of esters is 3. The monoisotopic (exact) mass is 737 g/mol. The van der Waals surface area contributed by atoms with Gasteiger partial charge in [0.15, 0.2) is 6.10 Å². The number of rotatable bonds is 41. The van der Waals surface area contributed by atoms with Crippen LogP contribution in [0.25, 0.3) is 0 Å². The molecule has 0 aliphatic heterocycles. The van der Waals surface area contributed by atoms with Crippen molar-refractivity contribution < 1.29 is 28.6 Å². The smallest absolute Gasteiger partial charge is 0.306 e. The minimum atomic E-state index is -0.757. The van der Waals surface area contributed by atoms with Crippen molar-refractivity contribution in [2.75, 3.05) is 13.2 Å². The Morgan fingerprint density at radius 3 is 0.942 bits per heavy atom. The van der Waals surface area contributed by atoms with Crippen LogP contribution in [0.3, 0.4) is 0 Å². The molecular formula is C46H88O6. The highest BCUT2D eigenvalue weighted by atomic mass is 16.6. The molecule has 0 bridgehead atoms. The summed E-state index contributed by atoms with van der Waals surface area (Å²) in [6, 6.07) is 0. The van der Waals surface area contributed by atoms with Crippen molar-refractivity contribution in [3.63, 3.8) is 0 Å². The van der Waals surface area contributed by atoms with Crippen LogP contribution in [0.4, 0.5) is 0 Å². The van der Waals surface area contributed by atoms with Crippen LogP contribution < -0.4 is 0 Å². The van der Waals surface area contributed by atoms with Crippen molar-refractivity contribution in [3.05, 3.63) is 0 Å². The van der Waals surface area contributed by atoms with Crippen molar-refractivity contribution in [1.82, 2.24) is 0 Å². The number of carbonyl (C=O) groups excluding carboxylic acids is 3. The molecule has 0 radical (unpaired) electrons. The standard InChI is InChI=1S/C46H88O6/c1-5-7-9-11-13-21-26-29-33-37-44(47)50-40-43(52-46(49)39-35-31-24-12-10-8-6-2)41-51-45(48)38-34-30-27-23-20-18-16-14-15-17-19-22-25-28-32-36-42(3)4/h42-43H,5-41H2,1-4H3/t43-/m0/s1. The minimum absolute atomic E-state index is 0.0643. The second-order valence-electron chi connectivity index (χ2n) is 16.2. The van der Waals surface area contributed by atoms with Gasteiger partial charge in [0.25, 0.3) is 0 Å². The van der Waals surface area contributed by atoms with E-state index >= 15 is 0 Å².